The third-order valence-electron chi connectivity index (χ3n) is 2.00. The first-order chi connectivity index (χ1) is 6.90. The highest BCUT2D eigenvalue weighted by Crippen LogP contribution is 2.18. The van der Waals surface area contributed by atoms with Crippen molar-refractivity contribution in [2.24, 2.45) is 5.84 Å². The lowest BCUT2D eigenvalue weighted by Gasteiger charge is -2.03. The average Bonchev–Trinajstić information content (AvgIpc) is 2.30. The van der Waals surface area contributed by atoms with E-state index < -0.39 is 0 Å². The molecule has 0 aliphatic heterocycles. The summed E-state index contributed by atoms with van der Waals surface area (Å²) in [5.74, 6) is 5.32. The van der Waals surface area contributed by atoms with Gasteiger partial charge in [-0.15, -0.1) is 0 Å². The van der Waals surface area contributed by atoms with Crippen LogP contribution in [-0.2, 0) is 0 Å². The molecule has 14 heavy (non-hydrogen) atoms. The van der Waals surface area contributed by atoms with E-state index in [2.05, 4.69) is 10.4 Å². The molecule has 0 unspecified atom stereocenters. The number of hydrazine groups is 1. The summed E-state index contributed by atoms with van der Waals surface area (Å²) in [7, 11) is 0. The average molecular weight is 185 g/mol. The van der Waals surface area contributed by atoms with Gasteiger partial charge in [-0.1, -0.05) is 30.3 Å². The molecule has 1 aromatic heterocycles. The Morgan fingerprint density at radius 1 is 1.07 bits per heavy atom. The third kappa shape index (κ3) is 1.72. The van der Waals surface area contributed by atoms with Crippen molar-refractivity contribution in [3.05, 3.63) is 48.7 Å². The van der Waals surface area contributed by atoms with Gasteiger partial charge in [0.15, 0.2) is 0 Å². The lowest BCUT2D eigenvalue weighted by molar-refractivity contribution is 1.28. The van der Waals surface area contributed by atoms with E-state index in [9.17, 15) is 0 Å². The molecule has 0 saturated heterocycles. The standard InChI is InChI=1S/C11H11N3/c12-14-10-6-7-13-11(8-10)9-4-2-1-3-5-9/h1-8H,12H2,(H,13,14). The van der Waals surface area contributed by atoms with Crippen LogP contribution in [0.4, 0.5) is 5.69 Å². The van der Waals surface area contributed by atoms with E-state index in [-0.39, 0.29) is 0 Å². The van der Waals surface area contributed by atoms with Crippen LogP contribution in [0.25, 0.3) is 11.3 Å². The predicted octanol–water partition coefficient (Wildman–Crippen LogP) is 2.03. The van der Waals surface area contributed by atoms with Gasteiger partial charge in [0.1, 0.15) is 0 Å². The number of aromatic nitrogens is 1. The van der Waals surface area contributed by atoms with Gasteiger partial charge < -0.3 is 5.43 Å². The Balaban J connectivity index is 2.42. The molecule has 0 fully saturated rings. The predicted molar refractivity (Wildman–Crippen MR) is 57.5 cm³/mol. The quantitative estimate of drug-likeness (QED) is 0.556. The maximum Gasteiger partial charge on any atom is 0.0722 e. The lowest BCUT2D eigenvalue weighted by Crippen LogP contribution is -2.06. The van der Waals surface area contributed by atoms with Crippen LogP contribution in [0.3, 0.4) is 0 Å². The fourth-order valence-electron chi connectivity index (χ4n) is 1.29. The van der Waals surface area contributed by atoms with Gasteiger partial charge in [-0.05, 0) is 12.1 Å². The van der Waals surface area contributed by atoms with Gasteiger partial charge in [0.25, 0.3) is 0 Å². The number of nitrogen functional groups attached to an aromatic ring is 1. The summed E-state index contributed by atoms with van der Waals surface area (Å²) >= 11 is 0. The first kappa shape index (κ1) is 8.72. The van der Waals surface area contributed by atoms with E-state index in [0.29, 0.717) is 0 Å². The molecule has 3 N–H and O–H groups in total. The summed E-state index contributed by atoms with van der Waals surface area (Å²) in [5, 5.41) is 0. The molecule has 0 amide bonds. The van der Waals surface area contributed by atoms with Crippen LogP contribution in [-0.4, -0.2) is 4.98 Å². The van der Waals surface area contributed by atoms with E-state index >= 15 is 0 Å². The number of benzene rings is 1. The van der Waals surface area contributed by atoms with Crippen LogP contribution >= 0.6 is 0 Å². The Hall–Kier alpha value is -1.87. The maximum atomic E-state index is 5.32. The van der Waals surface area contributed by atoms with Gasteiger partial charge in [-0.3, -0.25) is 10.8 Å². The Labute approximate surface area is 82.6 Å². The SMILES string of the molecule is NNc1ccnc(-c2ccccc2)c1. The summed E-state index contributed by atoms with van der Waals surface area (Å²) in [6, 6.07) is 13.7. The second-order valence-electron chi connectivity index (χ2n) is 2.94. The number of anilines is 1. The van der Waals surface area contributed by atoms with Crippen LogP contribution in [0.2, 0.25) is 0 Å². The molecule has 0 aliphatic rings. The number of rotatable bonds is 2. The van der Waals surface area contributed by atoms with Gasteiger partial charge >= 0.3 is 0 Å². The number of pyridine rings is 1. The molecule has 0 aliphatic carbocycles. The van der Waals surface area contributed by atoms with Crippen molar-refractivity contribution in [2.45, 2.75) is 0 Å². The van der Waals surface area contributed by atoms with Gasteiger partial charge in [0.2, 0.25) is 0 Å². The minimum absolute atomic E-state index is 0.860. The van der Waals surface area contributed by atoms with Crippen LogP contribution in [0.5, 0.6) is 0 Å². The molecule has 1 aromatic carbocycles. The van der Waals surface area contributed by atoms with Crippen molar-refractivity contribution in [3.8, 4) is 11.3 Å². The van der Waals surface area contributed by atoms with E-state index in [1.54, 1.807) is 6.20 Å². The van der Waals surface area contributed by atoms with E-state index in [1.165, 1.54) is 0 Å². The van der Waals surface area contributed by atoms with Crippen LogP contribution < -0.4 is 11.3 Å². The maximum absolute atomic E-state index is 5.32. The van der Waals surface area contributed by atoms with Crippen molar-refractivity contribution in [3.63, 3.8) is 0 Å². The molecule has 3 heteroatoms. The van der Waals surface area contributed by atoms with Crippen molar-refractivity contribution >= 4 is 5.69 Å². The summed E-state index contributed by atoms with van der Waals surface area (Å²) in [6.07, 6.45) is 1.73. The highest BCUT2D eigenvalue weighted by Gasteiger charge is 1.98. The summed E-state index contributed by atoms with van der Waals surface area (Å²) in [6.45, 7) is 0. The van der Waals surface area contributed by atoms with Crippen LogP contribution in [0, 0.1) is 0 Å². The number of nitrogens with zero attached hydrogens (tertiary/aromatic N) is 1. The molecule has 0 atom stereocenters. The van der Waals surface area contributed by atoms with Gasteiger partial charge in [-0.2, -0.15) is 0 Å². The Kier molecular flexibility index (Phi) is 2.42. The van der Waals surface area contributed by atoms with E-state index in [1.807, 2.05) is 42.5 Å². The zero-order valence-electron chi connectivity index (χ0n) is 7.64. The smallest absolute Gasteiger partial charge is 0.0722 e. The molecule has 2 aromatic rings. The van der Waals surface area contributed by atoms with Crippen LogP contribution in [0.15, 0.2) is 48.7 Å². The minimum Gasteiger partial charge on any atom is -0.324 e. The zero-order valence-corrected chi connectivity index (χ0v) is 7.64. The van der Waals surface area contributed by atoms with E-state index in [4.69, 9.17) is 5.84 Å². The van der Waals surface area contributed by atoms with Crippen molar-refractivity contribution in [2.75, 3.05) is 5.43 Å². The molecule has 0 spiro atoms. The normalized spacial score (nSPS) is 9.79. The van der Waals surface area contributed by atoms with Gasteiger partial charge in [-0.25, -0.2) is 0 Å². The molecule has 0 saturated carbocycles. The number of hydrogen-bond acceptors (Lipinski definition) is 3. The van der Waals surface area contributed by atoms with Gasteiger partial charge in [0, 0.05) is 11.8 Å². The summed E-state index contributed by atoms with van der Waals surface area (Å²) in [4.78, 5) is 4.26. The minimum atomic E-state index is 0.860. The highest BCUT2D eigenvalue weighted by molar-refractivity contribution is 5.63. The molecule has 70 valence electrons. The number of nitrogens with two attached hydrogens (primary N) is 1. The molecule has 0 radical (unpaired) electrons. The Bertz CT molecular complexity index is 412. The largest absolute Gasteiger partial charge is 0.324 e. The lowest BCUT2D eigenvalue weighted by atomic mass is 10.1. The molecular formula is C11H11N3. The number of hydrogen-bond donors (Lipinski definition) is 2. The molecular weight excluding hydrogens is 174 g/mol. The molecule has 1 heterocycles. The Morgan fingerprint density at radius 3 is 2.57 bits per heavy atom. The first-order valence-electron chi connectivity index (χ1n) is 4.38. The Morgan fingerprint density at radius 2 is 1.86 bits per heavy atom. The fourth-order valence-corrected chi connectivity index (χ4v) is 1.29. The van der Waals surface area contributed by atoms with E-state index in [0.717, 1.165) is 16.9 Å². The third-order valence-corrected chi connectivity index (χ3v) is 2.00. The highest BCUT2D eigenvalue weighted by atomic mass is 15.2. The molecule has 2 rings (SSSR count). The van der Waals surface area contributed by atoms with Crippen molar-refractivity contribution < 1.29 is 0 Å². The van der Waals surface area contributed by atoms with Gasteiger partial charge in [0.05, 0.1) is 11.4 Å². The summed E-state index contributed by atoms with van der Waals surface area (Å²) in [5.41, 5.74) is 5.46. The molecule has 0 bridgehead atoms. The van der Waals surface area contributed by atoms with Crippen molar-refractivity contribution in [1.29, 1.82) is 0 Å². The monoisotopic (exact) mass is 185 g/mol. The fraction of sp³-hybridized carbons (Fsp3) is 0. The summed E-state index contributed by atoms with van der Waals surface area (Å²) < 4.78 is 0. The molecule has 3 nitrogen and oxygen atoms in total. The zero-order chi connectivity index (χ0) is 9.80. The topological polar surface area (TPSA) is 50.9 Å². The first-order valence-corrected chi connectivity index (χ1v) is 4.38. The van der Waals surface area contributed by atoms with Crippen LogP contribution in [0.1, 0.15) is 0 Å². The second kappa shape index (κ2) is 3.89. The number of nitrogens with one attached hydrogen (secondary N) is 1. The second-order valence-corrected chi connectivity index (χ2v) is 2.94. The van der Waals surface area contributed by atoms with Crippen molar-refractivity contribution in [1.82, 2.24) is 4.98 Å².